The number of aryl methyl sites for hydroxylation is 1. The number of aromatic nitrogens is 1. The standard InChI is InChI=1S/C14H24N2/c1-2-3-4-5-6-14(15)8-7-13-9-11-16-12-10-13/h9-12,14H,2-8,15H2,1H3. The minimum absolute atomic E-state index is 0.366. The highest BCUT2D eigenvalue weighted by Crippen LogP contribution is 2.09. The molecule has 0 saturated carbocycles. The molecule has 0 bridgehead atoms. The molecule has 0 radical (unpaired) electrons. The van der Waals surface area contributed by atoms with Gasteiger partial charge < -0.3 is 5.73 Å². The highest BCUT2D eigenvalue weighted by Gasteiger charge is 2.02. The van der Waals surface area contributed by atoms with Crippen LogP contribution in [0, 0.1) is 0 Å². The molecule has 0 aliphatic heterocycles. The summed E-state index contributed by atoms with van der Waals surface area (Å²) in [4.78, 5) is 4.01. The van der Waals surface area contributed by atoms with Crippen molar-refractivity contribution in [1.29, 1.82) is 0 Å². The van der Waals surface area contributed by atoms with Crippen molar-refractivity contribution in [2.75, 3.05) is 0 Å². The van der Waals surface area contributed by atoms with Gasteiger partial charge in [0.05, 0.1) is 0 Å². The molecule has 2 heteroatoms. The summed E-state index contributed by atoms with van der Waals surface area (Å²) in [6.45, 7) is 2.24. The van der Waals surface area contributed by atoms with Crippen molar-refractivity contribution in [1.82, 2.24) is 4.98 Å². The van der Waals surface area contributed by atoms with Crippen LogP contribution in [-0.4, -0.2) is 11.0 Å². The zero-order valence-electron chi connectivity index (χ0n) is 10.4. The molecule has 1 unspecified atom stereocenters. The van der Waals surface area contributed by atoms with E-state index >= 15 is 0 Å². The molecule has 1 atom stereocenters. The Morgan fingerprint density at radius 3 is 2.56 bits per heavy atom. The Kier molecular flexibility index (Phi) is 6.82. The fraction of sp³-hybridized carbons (Fsp3) is 0.643. The second kappa shape index (κ2) is 8.28. The SMILES string of the molecule is CCCCCCC(N)CCc1ccncc1. The number of hydrogen-bond acceptors (Lipinski definition) is 2. The summed E-state index contributed by atoms with van der Waals surface area (Å²) in [5.41, 5.74) is 7.43. The lowest BCUT2D eigenvalue weighted by Gasteiger charge is -2.10. The summed E-state index contributed by atoms with van der Waals surface area (Å²) in [5.74, 6) is 0. The van der Waals surface area contributed by atoms with E-state index < -0.39 is 0 Å². The maximum atomic E-state index is 6.09. The molecule has 0 spiro atoms. The molecule has 0 aliphatic rings. The van der Waals surface area contributed by atoms with Crippen LogP contribution < -0.4 is 5.73 Å². The zero-order chi connectivity index (χ0) is 11.6. The summed E-state index contributed by atoms with van der Waals surface area (Å²) < 4.78 is 0. The molecule has 0 amide bonds. The smallest absolute Gasteiger partial charge is 0.0270 e. The predicted molar refractivity (Wildman–Crippen MR) is 69.3 cm³/mol. The predicted octanol–water partition coefficient (Wildman–Crippen LogP) is 3.31. The van der Waals surface area contributed by atoms with Crippen molar-refractivity contribution in [3.63, 3.8) is 0 Å². The van der Waals surface area contributed by atoms with Gasteiger partial charge >= 0.3 is 0 Å². The van der Waals surface area contributed by atoms with Crippen molar-refractivity contribution in [3.8, 4) is 0 Å². The summed E-state index contributed by atoms with van der Waals surface area (Å²) in [7, 11) is 0. The number of nitrogens with zero attached hydrogens (tertiary/aromatic N) is 1. The molecular formula is C14H24N2. The second-order valence-electron chi connectivity index (χ2n) is 4.50. The number of rotatable bonds is 8. The van der Waals surface area contributed by atoms with Crippen molar-refractivity contribution in [3.05, 3.63) is 30.1 Å². The highest BCUT2D eigenvalue weighted by atomic mass is 14.6. The Bertz CT molecular complexity index is 259. The molecule has 1 aromatic heterocycles. The van der Waals surface area contributed by atoms with E-state index in [-0.39, 0.29) is 0 Å². The molecule has 0 fully saturated rings. The number of hydrogen-bond donors (Lipinski definition) is 1. The van der Waals surface area contributed by atoms with Gasteiger partial charge in [0.2, 0.25) is 0 Å². The molecule has 1 rings (SSSR count). The van der Waals surface area contributed by atoms with E-state index in [2.05, 4.69) is 24.0 Å². The minimum Gasteiger partial charge on any atom is -0.328 e. The molecular weight excluding hydrogens is 196 g/mol. The van der Waals surface area contributed by atoms with Crippen molar-refractivity contribution in [2.24, 2.45) is 5.73 Å². The number of unbranched alkanes of at least 4 members (excludes halogenated alkanes) is 3. The zero-order valence-corrected chi connectivity index (χ0v) is 10.4. The Labute approximate surface area is 99.3 Å². The van der Waals surface area contributed by atoms with Gasteiger partial charge in [-0.3, -0.25) is 4.98 Å². The van der Waals surface area contributed by atoms with Crippen LogP contribution in [0.15, 0.2) is 24.5 Å². The van der Waals surface area contributed by atoms with Gasteiger partial charge in [0.1, 0.15) is 0 Å². The van der Waals surface area contributed by atoms with Gasteiger partial charge in [-0.25, -0.2) is 0 Å². The summed E-state index contributed by atoms with van der Waals surface area (Å²) >= 11 is 0. The van der Waals surface area contributed by atoms with Crippen molar-refractivity contribution < 1.29 is 0 Å². The molecule has 0 aromatic carbocycles. The molecule has 16 heavy (non-hydrogen) atoms. The molecule has 2 nitrogen and oxygen atoms in total. The summed E-state index contributed by atoms with van der Waals surface area (Å²) in [5, 5.41) is 0. The third kappa shape index (κ3) is 5.86. The molecule has 0 saturated heterocycles. The average molecular weight is 220 g/mol. The Morgan fingerprint density at radius 2 is 1.88 bits per heavy atom. The van der Waals surface area contributed by atoms with Crippen LogP contribution in [0.4, 0.5) is 0 Å². The van der Waals surface area contributed by atoms with E-state index in [1.54, 1.807) is 0 Å². The van der Waals surface area contributed by atoms with Gasteiger partial charge in [-0.2, -0.15) is 0 Å². The first-order chi connectivity index (χ1) is 7.83. The third-order valence-electron chi connectivity index (χ3n) is 2.98. The first-order valence-electron chi connectivity index (χ1n) is 6.47. The lowest BCUT2D eigenvalue weighted by molar-refractivity contribution is 0.521. The Hall–Kier alpha value is -0.890. The van der Waals surface area contributed by atoms with Crippen LogP contribution >= 0.6 is 0 Å². The Morgan fingerprint density at radius 1 is 1.12 bits per heavy atom. The summed E-state index contributed by atoms with van der Waals surface area (Å²) in [6, 6.07) is 4.51. The maximum absolute atomic E-state index is 6.09. The monoisotopic (exact) mass is 220 g/mol. The topological polar surface area (TPSA) is 38.9 Å². The van der Waals surface area contributed by atoms with Crippen LogP contribution in [-0.2, 0) is 6.42 Å². The van der Waals surface area contributed by atoms with Gasteiger partial charge in [-0.05, 0) is 37.0 Å². The highest BCUT2D eigenvalue weighted by molar-refractivity contribution is 5.09. The lowest BCUT2D eigenvalue weighted by atomic mass is 10.0. The normalized spacial score (nSPS) is 12.6. The lowest BCUT2D eigenvalue weighted by Crippen LogP contribution is -2.20. The molecule has 1 aromatic rings. The fourth-order valence-corrected chi connectivity index (χ4v) is 1.88. The number of nitrogens with two attached hydrogens (primary N) is 1. The maximum Gasteiger partial charge on any atom is 0.0270 e. The quantitative estimate of drug-likeness (QED) is 0.683. The van der Waals surface area contributed by atoms with E-state index in [1.807, 2.05) is 12.4 Å². The molecule has 0 aliphatic carbocycles. The first kappa shape index (κ1) is 13.2. The van der Waals surface area contributed by atoms with Crippen LogP contribution in [0.5, 0.6) is 0 Å². The van der Waals surface area contributed by atoms with Crippen LogP contribution in [0.2, 0.25) is 0 Å². The first-order valence-corrected chi connectivity index (χ1v) is 6.47. The largest absolute Gasteiger partial charge is 0.328 e. The van der Waals surface area contributed by atoms with Crippen molar-refractivity contribution >= 4 is 0 Å². The summed E-state index contributed by atoms with van der Waals surface area (Å²) in [6.07, 6.45) is 12.3. The average Bonchev–Trinajstić information content (AvgIpc) is 2.33. The molecule has 90 valence electrons. The van der Waals surface area contributed by atoms with Gasteiger partial charge in [-0.15, -0.1) is 0 Å². The van der Waals surface area contributed by atoms with E-state index in [4.69, 9.17) is 5.73 Å². The van der Waals surface area contributed by atoms with Crippen molar-refractivity contribution in [2.45, 2.75) is 57.9 Å². The van der Waals surface area contributed by atoms with Crippen LogP contribution in [0.25, 0.3) is 0 Å². The fourth-order valence-electron chi connectivity index (χ4n) is 1.88. The second-order valence-corrected chi connectivity index (χ2v) is 4.50. The van der Waals surface area contributed by atoms with E-state index in [0.29, 0.717) is 6.04 Å². The Balaban J connectivity index is 2.08. The van der Waals surface area contributed by atoms with Gasteiger partial charge in [0.25, 0.3) is 0 Å². The molecule has 1 heterocycles. The van der Waals surface area contributed by atoms with E-state index in [0.717, 1.165) is 12.8 Å². The van der Waals surface area contributed by atoms with Crippen LogP contribution in [0.3, 0.4) is 0 Å². The van der Waals surface area contributed by atoms with E-state index in [1.165, 1.54) is 37.7 Å². The minimum atomic E-state index is 0.366. The van der Waals surface area contributed by atoms with Crippen LogP contribution in [0.1, 0.15) is 51.0 Å². The van der Waals surface area contributed by atoms with Gasteiger partial charge in [0.15, 0.2) is 0 Å². The molecule has 2 N–H and O–H groups in total. The van der Waals surface area contributed by atoms with E-state index in [9.17, 15) is 0 Å². The van der Waals surface area contributed by atoms with Gasteiger partial charge in [0, 0.05) is 18.4 Å². The van der Waals surface area contributed by atoms with Gasteiger partial charge in [-0.1, -0.05) is 32.6 Å². The number of pyridine rings is 1. The third-order valence-corrected chi connectivity index (χ3v) is 2.98.